The van der Waals surface area contributed by atoms with Crippen LogP contribution in [0.1, 0.15) is 41.9 Å². The molecule has 1 heterocycles. The number of esters is 1. The second-order valence-corrected chi connectivity index (χ2v) is 8.97. The number of aliphatic carboxylic acids is 1. The molecule has 6 nitrogen and oxygen atoms in total. The normalized spacial score (nSPS) is 18.6. The van der Waals surface area contributed by atoms with Crippen LogP contribution in [0.5, 0.6) is 0 Å². The van der Waals surface area contributed by atoms with E-state index < -0.39 is 35.5 Å². The molecule has 31 heavy (non-hydrogen) atoms. The highest BCUT2D eigenvalue weighted by molar-refractivity contribution is 7.17. The van der Waals surface area contributed by atoms with Crippen LogP contribution in [0.15, 0.2) is 35.4 Å². The van der Waals surface area contributed by atoms with Crippen molar-refractivity contribution in [3.8, 4) is 11.1 Å². The van der Waals surface area contributed by atoms with E-state index >= 15 is 0 Å². The Labute approximate surface area is 183 Å². The van der Waals surface area contributed by atoms with Gasteiger partial charge in [0.05, 0.1) is 18.9 Å². The van der Waals surface area contributed by atoms with Crippen LogP contribution in [0.2, 0.25) is 0 Å². The van der Waals surface area contributed by atoms with Gasteiger partial charge < -0.3 is 15.2 Å². The number of hydrogen-bond acceptors (Lipinski definition) is 5. The molecule has 2 N–H and O–H groups in total. The van der Waals surface area contributed by atoms with E-state index in [-0.39, 0.29) is 5.56 Å². The van der Waals surface area contributed by atoms with Gasteiger partial charge in [0.25, 0.3) is 0 Å². The van der Waals surface area contributed by atoms with Gasteiger partial charge in [0.15, 0.2) is 0 Å². The Bertz CT molecular complexity index is 1070. The first-order chi connectivity index (χ1) is 14.6. The summed E-state index contributed by atoms with van der Waals surface area (Å²) >= 11 is 1.20. The Kier molecular flexibility index (Phi) is 6.59. The third kappa shape index (κ3) is 4.54. The molecule has 1 amide bonds. The molecule has 164 valence electrons. The summed E-state index contributed by atoms with van der Waals surface area (Å²) in [6.45, 7) is 5.57. The van der Waals surface area contributed by atoms with Gasteiger partial charge in [0.2, 0.25) is 5.91 Å². The summed E-state index contributed by atoms with van der Waals surface area (Å²) in [4.78, 5) is 38.2. The molecule has 0 saturated carbocycles. The SMILES string of the molecule is COC(=O)c1c(NC(=O)[C@@H]2CC(C)=C(C)C[C@@H]2C(=O)O)sc(C)c1-c1ccc(F)cc1. The Morgan fingerprint density at radius 1 is 1.06 bits per heavy atom. The quantitative estimate of drug-likeness (QED) is 0.497. The molecular formula is C23H24FNO5S. The number of allylic oxidation sites excluding steroid dienone is 2. The molecule has 0 radical (unpaired) electrons. The second kappa shape index (κ2) is 9.01. The lowest BCUT2D eigenvalue weighted by molar-refractivity contribution is -0.146. The van der Waals surface area contributed by atoms with Crippen molar-refractivity contribution in [1.82, 2.24) is 0 Å². The molecule has 0 saturated heterocycles. The van der Waals surface area contributed by atoms with Crippen LogP contribution in [0, 0.1) is 24.6 Å². The van der Waals surface area contributed by atoms with E-state index in [1.807, 2.05) is 13.8 Å². The largest absolute Gasteiger partial charge is 0.481 e. The van der Waals surface area contributed by atoms with Crippen molar-refractivity contribution in [3.05, 3.63) is 51.7 Å². The van der Waals surface area contributed by atoms with Gasteiger partial charge in [-0.3, -0.25) is 9.59 Å². The Balaban J connectivity index is 2.00. The molecule has 1 aliphatic rings. The number of nitrogens with one attached hydrogen (secondary N) is 1. The molecule has 2 aromatic rings. The highest BCUT2D eigenvalue weighted by Crippen LogP contribution is 2.42. The van der Waals surface area contributed by atoms with Crippen molar-refractivity contribution < 1.29 is 28.6 Å². The van der Waals surface area contributed by atoms with Gasteiger partial charge in [0, 0.05) is 10.4 Å². The minimum absolute atomic E-state index is 0.177. The van der Waals surface area contributed by atoms with E-state index in [4.69, 9.17) is 4.74 Å². The van der Waals surface area contributed by atoms with Gasteiger partial charge in [-0.2, -0.15) is 0 Å². The smallest absolute Gasteiger partial charge is 0.341 e. The number of ether oxygens (including phenoxy) is 1. The van der Waals surface area contributed by atoms with Crippen LogP contribution >= 0.6 is 11.3 Å². The number of methoxy groups -OCH3 is 1. The first kappa shape index (κ1) is 22.7. The molecule has 1 aromatic heterocycles. The molecule has 1 aromatic carbocycles. The van der Waals surface area contributed by atoms with Crippen molar-refractivity contribution in [2.24, 2.45) is 11.8 Å². The number of carboxylic acids is 1. The monoisotopic (exact) mass is 445 g/mol. The predicted molar refractivity (Wildman–Crippen MR) is 117 cm³/mol. The molecule has 8 heteroatoms. The first-order valence-electron chi connectivity index (χ1n) is 9.80. The van der Waals surface area contributed by atoms with Gasteiger partial charge >= 0.3 is 11.9 Å². The third-order valence-electron chi connectivity index (χ3n) is 5.76. The van der Waals surface area contributed by atoms with E-state index in [9.17, 15) is 23.9 Å². The number of hydrogen-bond donors (Lipinski definition) is 2. The van der Waals surface area contributed by atoms with E-state index in [0.29, 0.717) is 29.0 Å². The van der Waals surface area contributed by atoms with Crippen LogP contribution in [0.25, 0.3) is 11.1 Å². The molecule has 3 rings (SSSR count). The summed E-state index contributed by atoms with van der Waals surface area (Å²) in [7, 11) is 1.24. The van der Waals surface area contributed by atoms with Crippen molar-refractivity contribution >= 4 is 34.2 Å². The van der Waals surface area contributed by atoms with E-state index in [1.54, 1.807) is 19.1 Å². The first-order valence-corrected chi connectivity index (χ1v) is 10.6. The van der Waals surface area contributed by atoms with Gasteiger partial charge in [-0.1, -0.05) is 23.3 Å². The number of carbonyl (C=O) groups excluding carboxylic acids is 2. The maximum Gasteiger partial charge on any atom is 0.341 e. The van der Waals surface area contributed by atoms with Crippen molar-refractivity contribution in [2.45, 2.75) is 33.6 Å². The van der Waals surface area contributed by atoms with Crippen LogP contribution in [0.3, 0.4) is 0 Å². The summed E-state index contributed by atoms with van der Waals surface area (Å²) in [5.41, 5.74) is 3.33. The number of thiophene rings is 1. The molecule has 0 aliphatic heterocycles. The van der Waals surface area contributed by atoms with Gasteiger partial charge in [-0.05, 0) is 51.3 Å². The van der Waals surface area contributed by atoms with Crippen molar-refractivity contribution in [3.63, 3.8) is 0 Å². The van der Waals surface area contributed by atoms with Gasteiger partial charge in [-0.25, -0.2) is 9.18 Å². The number of anilines is 1. The lowest BCUT2D eigenvalue weighted by atomic mass is 9.76. The Hall–Kier alpha value is -3.00. The maximum atomic E-state index is 13.4. The topological polar surface area (TPSA) is 92.7 Å². The zero-order valence-electron chi connectivity index (χ0n) is 17.7. The lowest BCUT2D eigenvalue weighted by Gasteiger charge is -2.29. The fraction of sp³-hybridized carbons (Fsp3) is 0.348. The average molecular weight is 446 g/mol. The molecular weight excluding hydrogens is 421 g/mol. The predicted octanol–water partition coefficient (Wildman–Crippen LogP) is 5.03. The third-order valence-corrected chi connectivity index (χ3v) is 6.78. The molecule has 2 atom stereocenters. The van der Waals surface area contributed by atoms with E-state index in [0.717, 1.165) is 16.0 Å². The number of rotatable bonds is 5. The number of aryl methyl sites for hydroxylation is 1. The highest BCUT2D eigenvalue weighted by atomic mass is 32.1. The lowest BCUT2D eigenvalue weighted by Crippen LogP contribution is -2.36. The maximum absolute atomic E-state index is 13.4. The van der Waals surface area contributed by atoms with Crippen LogP contribution in [0.4, 0.5) is 9.39 Å². The average Bonchev–Trinajstić information content (AvgIpc) is 3.05. The number of amides is 1. The van der Waals surface area contributed by atoms with Crippen molar-refractivity contribution in [1.29, 1.82) is 0 Å². The van der Waals surface area contributed by atoms with E-state index in [2.05, 4.69) is 5.32 Å². The standard InChI is InChI=1S/C23H24FNO5S/c1-11-9-16(17(22(27)28)10-12(11)2)20(26)25-21-19(23(29)30-4)18(13(3)31-21)14-5-7-15(24)8-6-14/h5-8,16-17H,9-10H2,1-4H3,(H,25,26)(H,27,28)/t16-,17+/m1/s1. The highest BCUT2D eigenvalue weighted by Gasteiger charge is 2.38. The van der Waals surface area contributed by atoms with Crippen molar-refractivity contribution in [2.75, 3.05) is 12.4 Å². The van der Waals surface area contributed by atoms with Gasteiger partial charge in [-0.15, -0.1) is 11.3 Å². The summed E-state index contributed by atoms with van der Waals surface area (Å²) in [5, 5.41) is 12.7. The molecule has 0 spiro atoms. The van der Waals surface area contributed by atoms with Gasteiger partial charge in [0.1, 0.15) is 16.4 Å². The Morgan fingerprint density at radius 2 is 1.65 bits per heavy atom. The number of carboxylic acid groups (broad SMARTS) is 1. The minimum atomic E-state index is -1.02. The molecule has 0 fully saturated rings. The number of halogens is 1. The summed E-state index contributed by atoms with van der Waals surface area (Å²) < 4.78 is 18.3. The minimum Gasteiger partial charge on any atom is -0.481 e. The fourth-order valence-electron chi connectivity index (χ4n) is 3.93. The van der Waals surface area contributed by atoms with Crippen LogP contribution < -0.4 is 5.32 Å². The second-order valence-electron chi connectivity index (χ2n) is 7.75. The number of carbonyl (C=O) groups is 3. The summed E-state index contributed by atoms with van der Waals surface area (Å²) in [6.07, 6.45) is 0.658. The fourth-order valence-corrected chi connectivity index (χ4v) is 4.99. The van der Waals surface area contributed by atoms with Crippen LogP contribution in [-0.2, 0) is 14.3 Å². The molecule has 1 aliphatic carbocycles. The van der Waals surface area contributed by atoms with E-state index in [1.165, 1.54) is 30.6 Å². The zero-order valence-corrected chi connectivity index (χ0v) is 18.6. The molecule has 0 unspecified atom stereocenters. The Morgan fingerprint density at radius 3 is 2.19 bits per heavy atom. The number of benzene rings is 1. The summed E-state index contributed by atoms with van der Waals surface area (Å²) in [6, 6.07) is 5.70. The summed E-state index contributed by atoms with van der Waals surface area (Å²) in [5.74, 6) is -4.08. The molecule has 0 bridgehead atoms. The van der Waals surface area contributed by atoms with Crippen LogP contribution in [-0.4, -0.2) is 30.1 Å². The zero-order chi connectivity index (χ0) is 22.9.